The first-order valence-corrected chi connectivity index (χ1v) is 7.22. The number of aliphatic hydroxyl groups excluding tert-OH is 1. The van der Waals surface area contributed by atoms with Crippen LogP contribution in [0.5, 0.6) is 5.75 Å². The molecule has 0 aliphatic heterocycles. The molecule has 0 spiro atoms. The van der Waals surface area contributed by atoms with Gasteiger partial charge >= 0.3 is 0 Å². The van der Waals surface area contributed by atoms with Gasteiger partial charge in [0.15, 0.2) is 0 Å². The lowest BCUT2D eigenvalue weighted by molar-refractivity contribution is 0.177. The highest BCUT2D eigenvalue weighted by Crippen LogP contribution is 2.26. The van der Waals surface area contributed by atoms with Gasteiger partial charge in [-0.15, -0.1) is 0 Å². The molecular weight excluding hydrogens is 291 g/mol. The van der Waals surface area contributed by atoms with Crippen LogP contribution in [-0.4, -0.2) is 11.2 Å². The van der Waals surface area contributed by atoms with Crippen LogP contribution in [0.2, 0.25) is 5.02 Å². The van der Waals surface area contributed by atoms with Gasteiger partial charge in [-0.05, 0) is 43.7 Å². The lowest BCUT2D eigenvalue weighted by atomic mass is 10.0. The van der Waals surface area contributed by atoms with Gasteiger partial charge in [0, 0.05) is 17.0 Å². The summed E-state index contributed by atoms with van der Waals surface area (Å²) in [6, 6.07) is 11.6. The molecule has 21 heavy (non-hydrogen) atoms. The molecule has 0 heterocycles. The molecule has 1 N–H and O–H groups in total. The van der Waals surface area contributed by atoms with Gasteiger partial charge in [-0.1, -0.05) is 29.8 Å². The Morgan fingerprint density at radius 2 is 1.81 bits per heavy atom. The van der Waals surface area contributed by atoms with Gasteiger partial charge in [-0.25, -0.2) is 4.39 Å². The van der Waals surface area contributed by atoms with Crippen LogP contribution in [0.15, 0.2) is 42.5 Å². The third-order valence-corrected chi connectivity index (χ3v) is 3.45. The molecule has 1 unspecified atom stereocenters. The Kier molecular flexibility index (Phi) is 5.21. The van der Waals surface area contributed by atoms with Gasteiger partial charge < -0.3 is 9.84 Å². The summed E-state index contributed by atoms with van der Waals surface area (Å²) >= 11 is 5.97. The lowest BCUT2D eigenvalue weighted by Crippen LogP contribution is -2.07. The summed E-state index contributed by atoms with van der Waals surface area (Å²) in [7, 11) is 0. The van der Waals surface area contributed by atoms with Crippen molar-refractivity contribution >= 4 is 11.6 Å². The highest BCUT2D eigenvalue weighted by molar-refractivity contribution is 6.31. The zero-order chi connectivity index (χ0) is 15.4. The molecule has 112 valence electrons. The van der Waals surface area contributed by atoms with Crippen molar-refractivity contribution in [1.82, 2.24) is 0 Å². The maximum absolute atomic E-state index is 13.7. The lowest BCUT2D eigenvalue weighted by Gasteiger charge is -2.14. The van der Waals surface area contributed by atoms with Crippen LogP contribution >= 0.6 is 11.6 Å². The van der Waals surface area contributed by atoms with Crippen LogP contribution in [-0.2, 0) is 6.42 Å². The van der Waals surface area contributed by atoms with Gasteiger partial charge in [0.25, 0.3) is 0 Å². The van der Waals surface area contributed by atoms with Crippen molar-refractivity contribution in [2.45, 2.75) is 32.5 Å². The second-order valence-electron chi connectivity index (χ2n) is 5.16. The van der Waals surface area contributed by atoms with E-state index in [-0.39, 0.29) is 12.5 Å². The molecule has 0 aromatic heterocycles. The summed E-state index contributed by atoms with van der Waals surface area (Å²) in [4.78, 5) is 0. The van der Waals surface area contributed by atoms with Crippen molar-refractivity contribution in [3.63, 3.8) is 0 Å². The Hall–Kier alpha value is -1.58. The summed E-state index contributed by atoms with van der Waals surface area (Å²) in [5, 5.41) is 10.6. The number of halogens is 2. The number of hydrogen-bond donors (Lipinski definition) is 1. The third kappa shape index (κ3) is 4.19. The summed E-state index contributed by atoms with van der Waals surface area (Å²) < 4.78 is 19.3. The molecule has 2 nitrogen and oxygen atoms in total. The molecule has 0 saturated heterocycles. The minimum atomic E-state index is -0.812. The van der Waals surface area contributed by atoms with E-state index in [0.29, 0.717) is 16.1 Å². The fourth-order valence-corrected chi connectivity index (χ4v) is 2.32. The summed E-state index contributed by atoms with van der Waals surface area (Å²) in [6.07, 6.45) is -0.582. The van der Waals surface area contributed by atoms with Crippen LogP contribution in [0.1, 0.15) is 31.1 Å². The first-order chi connectivity index (χ1) is 9.97. The Bertz CT molecular complexity index is 576. The van der Waals surface area contributed by atoms with E-state index in [1.165, 1.54) is 6.07 Å². The molecule has 1 atom stereocenters. The number of benzene rings is 2. The van der Waals surface area contributed by atoms with Gasteiger partial charge in [-0.2, -0.15) is 0 Å². The summed E-state index contributed by atoms with van der Waals surface area (Å²) in [5.41, 5.74) is 1.03. The van der Waals surface area contributed by atoms with Crippen LogP contribution < -0.4 is 4.74 Å². The standard InChI is InChI=1S/C17H18ClFO2/c1-11(2)21-13-8-6-12(7-9-13)17(20)10-14-15(18)4-3-5-16(14)19/h3-9,11,17,20H,10H2,1-2H3. The Morgan fingerprint density at radius 1 is 1.14 bits per heavy atom. The zero-order valence-electron chi connectivity index (χ0n) is 12.0. The number of ether oxygens (including phenoxy) is 1. The SMILES string of the molecule is CC(C)Oc1ccc(C(O)Cc2c(F)cccc2Cl)cc1. The average molecular weight is 309 g/mol. The average Bonchev–Trinajstić information content (AvgIpc) is 2.43. The molecule has 0 bridgehead atoms. The van der Waals surface area contributed by atoms with E-state index in [1.54, 1.807) is 36.4 Å². The predicted octanol–water partition coefficient (Wildman–Crippen LogP) is 4.54. The van der Waals surface area contributed by atoms with E-state index in [0.717, 1.165) is 5.75 Å². The number of rotatable bonds is 5. The molecule has 2 rings (SSSR count). The molecule has 0 aliphatic rings. The monoisotopic (exact) mass is 308 g/mol. The molecule has 0 fully saturated rings. The van der Waals surface area contributed by atoms with Crippen molar-refractivity contribution in [2.75, 3.05) is 0 Å². The van der Waals surface area contributed by atoms with Gasteiger partial charge in [-0.3, -0.25) is 0 Å². The second-order valence-corrected chi connectivity index (χ2v) is 5.56. The van der Waals surface area contributed by atoms with E-state index in [9.17, 15) is 9.50 Å². The minimum Gasteiger partial charge on any atom is -0.491 e. The number of hydrogen-bond acceptors (Lipinski definition) is 2. The van der Waals surface area contributed by atoms with E-state index in [4.69, 9.17) is 16.3 Å². The molecule has 0 amide bonds. The molecule has 2 aromatic carbocycles. The molecule has 0 aliphatic carbocycles. The summed E-state index contributed by atoms with van der Waals surface area (Å²) in [6.45, 7) is 3.89. The van der Waals surface area contributed by atoms with E-state index in [1.807, 2.05) is 13.8 Å². The first-order valence-electron chi connectivity index (χ1n) is 6.85. The normalized spacial score (nSPS) is 12.5. The highest BCUT2D eigenvalue weighted by Gasteiger charge is 2.14. The maximum atomic E-state index is 13.7. The third-order valence-electron chi connectivity index (χ3n) is 3.10. The summed E-state index contributed by atoms with van der Waals surface area (Å²) in [5.74, 6) is 0.339. The minimum absolute atomic E-state index is 0.0954. The fraction of sp³-hybridized carbons (Fsp3) is 0.294. The van der Waals surface area contributed by atoms with E-state index < -0.39 is 11.9 Å². The first kappa shape index (κ1) is 15.8. The van der Waals surface area contributed by atoms with Crippen LogP contribution in [0.25, 0.3) is 0 Å². The predicted molar refractivity (Wildman–Crippen MR) is 82.3 cm³/mol. The van der Waals surface area contributed by atoms with Crippen molar-refractivity contribution in [2.24, 2.45) is 0 Å². The number of aliphatic hydroxyl groups is 1. The van der Waals surface area contributed by atoms with Gasteiger partial charge in [0.05, 0.1) is 12.2 Å². The topological polar surface area (TPSA) is 29.5 Å². The Labute approximate surface area is 129 Å². The van der Waals surface area contributed by atoms with Crippen LogP contribution in [0.3, 0.4) is 0 Å². The van der Waals surface area contributed by atoms with Gasteiger partial charge in [0.2, 0.25) is 0 Å². The van der Waals surface area contributed by atoms with Crippen LogP contribution in [0.4, 0.5) is 4.39 Å². The fourth-order valence-electron chi connectivity index (χ4n) is 2.08. The van der Waals surface area contributed by atoms with Gasteiger partial charge in [0.1, 0.15) is 11.6 Å². The Morgan fingerprint density at radius 3 is 2.38 bits per heavy atom. The largest absolute Gasteiger partial charge is 0.491 e. The van der Waals surface area contributed by atoms with Crippen molar-refractivity contribution in [3.8, 4) is 5.75 Å². The molecule has 2 aromatic rings. The van der Waals surface area contributed by atoms with E-state index >= 15 is 0 Å². The highest BCUT2D eigenvalue weighted by atomic mass is 35.5. The van der Waals surface area contributed by atoms with Crippen molar-refractivity contribution in [3.05, 3.63) is 64.4 Å². The van der Waals surface area contributed by atoms with Crippen molar-refractivity contribution < 1.29 is 14.2 Å². The second kappa shape index (κ2) is 6.92. The Balaban J connectivity index is 2.11. The van der Waals surface area contributed by atoms with E-state index in [2.05, 4.69) is 0 Å². The zero-order valence-corrected chi connectivity index (χ0v) is 12.8. The van der Waals surface area contributed by atoms with Crippen molar-refractivity contribution in [1.29, 1.82) is 0 Å². The van der Waals surface area contributed by atoms with Crippen LogP contribution in [0, 0.1) is 5.82 Å². The molecule has 0 radical (unpaired) electrons. The smallest absolute Gasteiger partial charge is 0.127 e. The molecule has 4 heteroatoms. The maximum Gasteiger partial charge on any atom is 0.127 e. The quantitative estimate of drug-likeness (QED) is 0.878. The molecule has 0 saturated carbocycles. The molecular formula is C17H18ClFO2.